The quantitative estimate of drug-likeness (QED) is 0.170. The van der Waals surface area contributed by atoms with Gasteiger partial charge < -0.3 is 4.57 Å². The monoisotopic (exact) mass is 734 g/mol. The van der Waals surface area contributed by atoms with Crippen molar-refractivity contribution >= 4 is 53.4 Å². The van der Waals surface area contributed by atoms with Crippen LogP contribution in [0, 0.1) is 0 Å². The molecule has 0 atom stereocenters. The molecular formula is C49H30N6S. The van der Waals surface area contributed by atoms with E-state index in [9.17, 15) is 0 Å². The summed E-state index contributed by atoms with van der Waals surface area (Å²) < 4.78 is 4.63. The highest BCUT2D eigenvalue weighted by atomic mass is 32.1. The largest absolute Gasteiger partial charge is 0.308 e. The maximum absolute atomic E-state index is 5.26. The second-order valence-electron chi connectivity index (χ2n) is 13.7. The third-order valence-corrected chi connectivity index (χ3v) is 11.6. The van der Waals surface area contributed by atoms with Crippen molar-refractivity contribution in [3.05, 3.63) is 182 Å². The molecule has 262 valence electrons. The third-order valence-electron chi connectivity index (χ3n) is 10.4. The number of benzene rings is 7. The van der Waals surface area contributed by atoms with Gasteiger partial charge in [0.05, 0.1) is 26.9 Å². The lowest BCUT2D eigenvalue weighted by atomic mass is 10.0. The number of thiophene rings is 1. The fourth-order valence-electron chi connectivity index (χ4n) is 7.80. The van der Waals surface area contributed by atoms with Crippen LogP contribution in [0.25, 0.3) is 104 Å². The molecular weight excluding hydrogens is 705 g/mol. The van der Waals surface area contributed by atoms with Crippen molar-refractivity contribution in [1.82, 2.24) is 29.5 Å². The number of hydrogen-bond donors (Lipinski definition) is 0. The standard InChI is InChI=1S/C49H30N6S/c1-3-12-31(13-4-1)35-26-27-39(43(28-35)55-41-20-9-7-16-37(41)38-17-8-10-21-42(38)55)49-53-47(33-14-5-2-6-15-33)52-48(54-49)34-24-22-32(23-25-34)36-18-11-19-40-45-44(56-46(36)40)29-50-30-51-45/h1-30H. The van der Waals surface area contributed by atoms with E-state index in [1.807, 2.05) is 24.4 Å². The summed E-state index contributed by atoms with van der Waals surface area (Å²) in [5.74, 6) is 1.83. The highest BCUT2D eigenvalue weighted by Crippen LogP contribution is 2.40. The molecule has 0 unspecified atom stereocenters. The van der Waals surface area contributed by atoms with Crippen molar-refractivity contribution in [1.29, 1.82) is 0 Å². The molecule has 0 bridgehead atoms. The highest BCUT2D eigenvalue weighted by Gasteiger charge is 2.20. The van der Waals surface area contributed by atoms with Gasteiger partial charge in [-0.1, -0.05) is 146 Å². The van der Waals surface area contributed by atoms with Crippen LogP contribution in [0.15, 0.2) is 182 Å². The third kappa shape index (κ3) is 5.36. The second kappa shape index (κ2) is 13.2. The van der Waals surface area contributed by atoms with E-state index in [1.165, 1.54) is 15.5 Å². The van der Waals surface area contributed by atoms with Crippen LogP contribution >= 0.6 is 11.3 Å². The van der Waals surface area contributed by atoms with Crippen LogP contribution in [0.1, 0.15) is 0 Å². The number of fused-ring (bicyclic) bond motifs is 6. The minimum absolute atomic E-state index is 0.602. The molecule has 56 heavy (non-hydrogen) atoms. The zero-order valence-electron chi connectivity index (χ0n) is 29.9. The Labute approximate surface area is 326 Å². The summed E-state index contributed by atoms with van der Waals surface area (Å²) in [4.78, 5) is 24.4. The normalized spacial score (nSPS) is 11.6. The summed E-state index contributed by atoms with van der Waals surface area (Å²) in [5.41, 5.74) is 11.5. The van der Waals surface area contributed by atoms with Crippen LogP contribution in [-0.2, 0) is 0 Å². The molecule has 0 saturated carbocycles. The number of nitrogens with zero attached hydrogens (tertiary/aromatic N) is 6. The lowest BCUT2D eigenvalue weighted by Gasteiger charge is -2.16. The molecule has 11 aromatic rings. The van der Waals surface area contributed by atoms with Crippen molar-refractivity contribution in [3.63, 3.8) is 0 Å². The molecule has 0 aliphatic rings. The first-order valence-electron chi connectivity index (χ1n) is 18.5. The van der Waals surface area contributed by atoms with Crippen LogP contribution < -0.4 is 0 Å². The summed E-state index contributed by atoms with van der Waals surface area (Å²) in [6.45, 7) is 0. The molecule has 0 N–H and O–H groups in total. The minimum atomic E-state index is 0.602. The molecule has 0 saturated heterocycles. The van der Waals surface area contributed by atoms with Crippen molar-refractivity contribution in [2.75, 3.05) is 0 Å². The fourth-order valence-corrected chi connectivity index (χ4v) is 8.97. The number of rotatable bonds is 6. The summed E-state index contributed by atoms with van der Waals surface area (Å²) in [6.07, 6.45) is 3.51. The summed E-state index contributed by atoms with van der Waals surface area (Å²) in [7, 11) is 0. The molecule has 4 heterocycles. The van der Waals surface area contributed by atoms with Gasteiger partial charge in [-0.25, -0.2) is 24.9 Å². The average molecular weight is 735 g/mol. The van der Waals surface area contributed by atoms with Gasteiger partial charge in [0.15, 0.2) is 17.5 Å². The number of hydrogen-bond acceptors (Lipinski definition) is 6. The van der Waals surface area contributed by atoms with Crippen molar-refractivity contribution in [3.8, 4) is 62.1 Å². The molecule has 7 aromatic carbocycles. The first kappa shape index (κ1) is 32.1. The van der Waals surface area contributed by atoms with Crippen LogP contribution in [0.4, 0.5) is 0 Å². The van der Waals surface area contributed by atoms with Crippen molar-refractivity contribution < 1.29 is 0 Å². The first-order valence-corrected chi connectivity index (χ1v) is 19.3. The lowest BCUT2D eigenvalue weighted by molar-refractivity contribution is 1.06. The Kier molecular flexibility index (Phi) is 7.57. The Bertz CT molecular complexity index is 3190. The van der Waals surface area contributed by atoms with Gasteiger partial charge in [0.25, 0.3) is 0 Å². The highest BCUT2D eigenvalue weighted by molar-refractivity contribution is 7.26. The zero-order chi connectivity index (χ0) is 37.0. The van der Waals surface area contributed by atoms with E-state index < -0.39 is 0 Å². The van der Waals surface area contributed by atoms with Crippen LogP contribution in [0.3, 0.4) is 0 Å². The molecule has 6 nitrogen and oxygen atoms in total. The minimum Gasteiger partial charge on any atom is -0.308 e. The van der Waals surface area contributed by atoms with Crippen LogP contribution in [0.2, 0.25) is 0 Å². The van der Waals surface area contributed by atoms with Crippen LogP contribution in [0.5, 0.6) is 0 Å². The summed E-state index contributed by atoms with van der Waals surface area (Å²) >= 11 is 1.72. The molecule has 0 amide bonds. The predicted octanol–water partition coefficient (Wildman–Crippen LogP) is 12.5. The maximum Gasteiger partial charge on any atom is 0.166 e. The van der Waals surface area contributed by atoms with Gasteiger partial charge in [-0.3, -0.25) is 0 Å². The van der Waals surface area contributed by atoms with Gasteiger partial charge in [0, 0.05) is 43.7 Å². The van der Waals surface area contributed by atoms with Crippen LogP contribution in [-0.4, -0.2) is 29.5 Å². The van der Waals surface area contributed by atoms with E-state index in [4.69, 9.17) is 15.0 Å². The van der Waals surface area contributed by atoms with E-state index in [-0.39, 0.29) is 0 Å². The molecule has 4 aromatic heterocycles. The molecule has 0 radical (unpaired) electrons. The maximum atomic E-state index is 5.26. The first-order chi connectivity index (χ1) is 27.8. The van der Waals surface area contributed by atoms with E-state index in [0.29, 0.717) is 17.5 Å². The SMILES string of the molecule is c1ccc(-c2ccc(-c3nc(-c4ccccc4)nc(-c4ccc(-c5cccc6c5sc5cncnc56)cc4)n3)c(-n3c4ccccc4c4ccccc43)c2)cc1. The Morgan fingerprint density at radius 1 is 0.429 bits per heavy atom. The molecule has 11 rings (SSSR count). The predicted molar refractivity (Wildman–Crippen MR) is 230 cm³/mol. The van der Waals surface area contributed by atoms with Crippen molar-refractivity contribution in [2.45, 2.75) is 0 Å². The van der Waals surface area contributed by atoms with E-state index >= 15 is 0 Å². The molecule has 0 spiro atoms. The zero-order valence-corrected chi connectivity index (χ0v) is 30.7. The smallest absolute Gasteiger partial charge is 0.166 e. The van der Waals surface area contributed by atoms with Gasteiger partial charge in [-0.15, -0.1) is 11.3 Å². The second-order valence-corrected chi connectivity index (χ2v) is 14.8. The number of para-hydroxylation sites is 2. The van der Waals surface area contributed by atoms with Gasteiger partial charge in [0.2, 0.25) is 0 Å². The molecule has 0 aliphatic carbocycles. The molecule has 0 aliphatic heterocycles. The van der Waals surface area contributed by atoms with E-state index in [2.05, 4.69) is 166 Å². The fraction of sp³-hybridized carbons (Fsp3) is 0. The van der Waals surface area contributed by atoms with E-state index in [1.54, 1.807) is 17.7 Å². The van der Waals surface area contributed by atoms with Gasteiger partial charge >= 0.3 is 0 Å². The van der Waals surface area contributed by atoms with Gasteiger partial charge in [-0.2, -0.15) is 0 Å². The van der Waals surface area contributed by atoms with Gasteiger partial charge in [-0.05, 0) is 46.5 Å². The Hall–Kier alpha value is -7.35. The summed E-state index contributed by atoms with van der Waals surface area (Å²) in [6, 6.07) is 59.4. The molecule has 7 heteroatoms. The lowest BCUT2D eigenvalue weighted by Crippen LogP contribution is -2.04. The topological polar surface area (TPSA) is 69.4 Å². The van der Waals surface area contributed by atoms with Crippen molar-refractivity contribution in [2.24, 2.45) is 0 Å². The molecule has 0 fully saturated rings. The Balaban J connectivity index is 1.11. The van der Waals surface area contributed by atoms with E-state index in [0.717, 1.165) is 71.3 Å². The Morgan fingerprint density at radius 2 is 1.00 bits per heavy atom. The summed E-state index contributed by atoms with van der Waals surface area (Å²) in [5, 5.41) is 3.53. The van der Waals surface area contributed by atoms with Gasteiger partial charge in [0.1, 0.15) is 6.33 Å². The average Bonchev–Trinajstić information content (AvgIpc) is 3.83. The Morgan fingerprint density at radius 3 is 1.71 bits per heavy atom. The number of aromatic nitrogens is 6.